The number of benzene rings is 2. The first-order chi connectivity index (χ1) is 11.7. The van der Waals surface area contributed by atoms with E-state index < -0.39 is 0 Å². The molecule has 0 amide bonds. The fourth-order valence-electron chi connectivity index (χ4n) is 3.72. The maximum absolute atomic E-state index is 8.36. The lowest BCUT2D eigenvalue weighted by molar-refractivity contribution is 0.311. The van der Waals surface area contributed by atoms with E-state index in [2.05, 4.69) is 64.5 Å². The number of rotatable bonds is 1. The minimum absolute atomic E-state index is 0.112. The van der Waals surface area contributed by atoms with Gasteiger partial charge in [-0.15, -0.1) is 0 Å². The van der Waals surface area contributed by atoms with E-state index in [9.17, 15) is 0 Å². The van der Waals surface area contributed by atoms with Crippen molar-refractivity contribution in [2.75, 3.05) is 6.26 Å². The topological polar surface area (TPSA) is 39.5 Å². The maximum atomic E-state index is 8.36. The predicted octanol–water partition coefficient (Wildman–Crippen LogP) is 5.07. The molecule has 1 heterocycles. The van der Waals surface area contributed by atoms with Gasteiger partial charge in [-0.3, -0.25) is 5.41 Å². The molecule has 24 heavy (non-hydrogen) atoms. The van der Waals surface area contributed by atoms with E-state index in [1.54, 1.807) is 0 Å². The summed E-state index contributed by atoms with van der Waals surface area (Å²) in [5.41, 5.74) is 5.00. The van der Waals surface area contributed by atoms with E-state index >= 15 is 0 Å². The van der Waals surface area contributed by atoms with Gasteiger partial charge in [0.2, 0.25) is 0 Å². The molecule has 0 spiro atoms. The SMILES string of the molecule is CSC(=N)N1N=C2c3ccccc3CC[C@H]2[C@H]1c1ccc(Br)cc1. The third-order valence-corrected chi connectivity index (χ3v) is 5.94. The van der Waals surface area contributed by atoms with Crippen LogP contribution in [0.1, 0.15) is 29.2 Å². The number of nitrogens with zero attached hydrogens (tertiary/aromatic N) is 2. The molecule has 1 aliphatic carbocycles. The van der Waals surface area contributed by atoms with Crippen molar-refractivity contribution >= 4 is 38.6 Å². The smallest absolute Gasteiger partial charge is 0.177 e. The van der Waals surface area contributed by atoms with Crippen LogP contribution < -0.4 is 0 Å². The van der Waals surface area contributed by atoms with Gasteiger partial charge in [-0.2, -0.15) is 5.10 Å². The number of halogens is 1. The zero-order chi connectivity index (χ0) is 16.7. The minimum Gasteiger partial charge on any atom is -0.277 e. The van der Waals surface area contributed by atoms with Gasteiger partial charge in [0, 0.05) is 16.0 Å². The zero-order valence-corrected chi connectivity index (χ0v) is 15.8. The van der Waals surface area contributed by atoms with Crippen LogP contribution >= 0.6 is 27.7 Å². The van der Waals surface area contributed by atoms with Gasteiger partial charge in [0.15, 0.2) is 5.17 Å². The van der Waals surface area contributed by atoms with Crippen molar-refractivity contribution in [1.82, 2.24) is 5.01 Å². The highest BCUT2D eigenvalue weighted by Crippen LogP contribution is 2.44. The Hall–Kier alpha value is -1.59. The standard InChI is InChI=1S/C19H18BrN3S/c1-24-19(21)23-18(13-6-9-14(20)10-7-13)16-11-8-12-4-2-3-5-15(12)17(16)22-23/h2-7,9-10,16,18,21H,8,11H2,1H3/t16-,18-/m1/s1. The van der Waals surface area contributed by atoms with E-state index in [4.69, 9.17) is 10.5 Å². The normalized spacial score (nSPS) is 21.9. The molecule has 1 aliphatic heterocycles. The van der Waals surface area contributed by atoms with E-state index in [1.807, 2.05) is 11.3 Å². The second-order valence-electron chi connectivity index (χ2n) is 6.14. The van der Waals surface area contributed by atoms with Crippen molar-refractivity contribution in [2.45, 2.75) is 18.9 Å². The van der Waals surface area contributed by atoms with Gasteiger partial charge in [0.05, 0.1) is 11.8 Å². The highest BCUT2D eigenvalue weighted by atomic mass is 79.9. The van der Waals surface area contributed by atoms with Gasteiger partial charge in [0.25, 0.3) is 0 Å². The summed E-state index contributed by atoms with van der Waals surface area (Å²) in [5.74, 6) is 0.341. The first kappa shape index (κ1) is 15.9. The summed E-state index contributed by atoms with van der Waals surface area (Å²) >= 11 is 4.96. The van der Waals surface area contributed by atoms with Gasteiger partial charge < -0.3 is 0 Å². The average Bonchev–Trinajstić information content (AvgIpc) is 3.01. The molecular weight excluding hydrogens is 382 g/mol. The Labute approximate surface area is 154 Å². The molecule has 122 valence electrons. The molecule has 0 fully saturated rings. The molecule has 0 radical (unpaired) electrons. The summed E-state index contributed by atoms with van der Waals surface area (Å²) in [6, 6.07) is 17.1. The van der Waals surface area contributed by atoms with Crippen LogP contribution in [0.4, 0.5) is 0 Å². The highest BCUT2D eigenvalue weighted by molar-refractivity contribution is 9.10. The highest BCUT2D eigenvalue weighted by Gasteiger charge is 2.42. The van der Waals surface area contributed by atoms with Crippen LogP contribution in [0.3, 0.4) is 0 Å². The minimum atomic E-state index is 0.112. The monoisotopic (exact) mass is 399 g/mol. The molecule has 2 aliphatic rings. The lowest BCUT2D eigenvalue weighted by atomic mass is 9.77. The van der Waals surface area contributed by atoms with Crippen molar-refractivity contribution in [3.63, 3.8) is 0 Å². The third-order valence-electron chi connectivity index (χ3n) is 4.84. The van der Waals surface area contributed by atoms with Crippen LogP contribution in [-0.4, -0.2) is 22.1 Å². The molecule has 4 rings (SSSR count). The fraction of sp³-hybridized carbons (Fsp3) is 0.263. The molecule has 0 saturated carbocycles. The zero-order valence-electron chi connectivity index (χ0n) is 13.4. The quantitative estimate of drug-likeness (QED) is 0.536. The Morgan fingerprint density at radius 2 is 1.96 bits per heavy atom. The van der Waals surface area contributed by atoms with E-state index in [0.29, 0.717) is 11.1 Å². The molecule has 1 N–H and O–H groups in total. The molecule has 2 aromatic rings. The Balaban J connectivity index is 1.80. The Bertz CT molecular complexity index is 816. The van der Waals surface area contributed by atoms with Gasteiger partial charge in [-0.05, 0) is 42.4 Å². The summed E-state index contributed by atoms with van der Waals surface area (Å²) in [6.07, 6.45) is 4.10. The molecule has 0 aromatic heterocycles. The first-order valence-corrected chi connectivity index (χ1v) is 10.0. The van der Waals surface area contributed by atoms with Crippen molar-refractivity contribution < 1.29 is 0 Å². The fourth-order valence-corrected chi connectivity index (χ4v) is 4.32. The molecule has 0 bridgehead atoms. The predicted molar refractivity (Wildman–Crippen MR) is 105 cm³/mol. The molecule has 2 atom stereocenters. The van der Waals surface area contributed by atoms with E-state index in [0.717, 1.165) is 23.0 Å². The van der Waals surface area contributed by atoms with E-state index in [-0.39, 0.29) is 6.04 Å². The molecule has 0 saturated heterocycles. The van der Waals surface area contributed by atoms with Gasteiger partial charge in [0.1, 0.15) is 0 Å². The summed E-state index contributed by atoms with van der Waals surface area (Å²) < 4.78 is 1.07. The first-order valence-electron chi connectivity index (χ1n) is 8.03. The largest absolute Gasteiger partial charge is 0.277 e. The molecule has 3 nitrogen and oxygen atoms in total. The summed E-state index contributed by atoms with van der Waals surface area (Å²) in [6.45, 7) is 0. The number of hydrogen-bond donors (Lipinski definition) is 1. The molecule has 0 unspecified atom stereocenters. The van der Waals surface area contributed by atoms with Crippen molar-refractivity contribution in [3.8, 4) is 0 Å². The molecule has 5 heteroatoms. The number of amidine groups is 1. The van der Waals surface area contributed by atoms with Gasteiger partial charge in [-0.1, -0.05) is 64.1 Å². The number of hydrogen-bond acceptors (Lipinski definition) is 3. The number of thioether (sulfide) groups is 1. The van der Waals surface area contributed by atoms with Gasteiger partial charge >= 0.3 is 0 Å². The molecular formula is C19H18BrN3S. The third kappa shape index (κ3) is 2.60. The lowest BCUT2D eigenvalue weighted by Crippen LogP contribution is -2.30. The summed E-state index contributed by atoms with van der Waals surface area (Å²) in [5, 5.41) is 15.7. The number of nitrogens with one attached hydrogen (secondary N) is 1. The van der Waals surface area contributed by atoms with Crippen molar-refractivity contribution in [2.24, 2.45) is 11.0 Å². The van der Waals surface area contributed by atoms with Crippen LogP contribution in [0, 0.1) is 11.3 Å². The van der Waals surface area contributed by atoms with Gasteiger partial charge in [-0.25, -0.2) is 5.01 Å². The Morgan fingerprint density at radius 1 is 1.21 bits per heavy atom. The van der Waals surface area contributed by atoms with Crippen LogP contribution in [-0.2, 0) is 6.42 Å². The lowest BCUT2D eigenvalue weighted by Gasteiger charge is -2.30. The van der Waals surface area contributed by atoms with Crippen LogP contribution in [0.5, 0.6) is 0 Å². The second kappa shape index (κ2) is 6.37. The number of hydrazone groups is 1. The number of fused-ring (bicyclic) bond motifs is 3. The van der Waals surface area contributed by atoms with Crippen molar-refractivity contribution in [3.05, 3.63) is 69.7 Å². The number of aryl methyl sites for hydroxylation is 1. The maximum Gasteiger partial charge on any atom is 0.177 e. The van der Waals surface area contributed by atoms with Crippen molar-refractivity contribution in [1.29, 1.82) is 5.41 Å². The van der Waals surface area contributed by atoms with Crippen LogP contribution in [0.15, 0.2) is 58.1 Å². The van der Waals surface area contributed by atoms with Crippen LogP contribution in [0.25, 0.3) is 0 Å². The summed E-state index contributed by atoms with van der Waals surface area (Å²) in [7, 11) is 0. The van der Waals surface area contributed by atoms with Crippen LogP contribution in [0.2, 0.25) is 0 Å². The average molecular weight is 400 g/mol. The molecule has 2 aromatic carbocycles. The Morgan fingerprint density at radius 3 is 2.71 bits per heavy atom. The second-order valence-corrected chi connectivity index (χ2v) is 7.85. The Kier molecular flexibility index (Phi) is 4.22. The summed E-state index contributed by atoms with van der Waals surface area (Å²) in [4.78, 5) is 0. The van der Waals surface area contributed by atoms with E-state index in [1.165, 1.54) is 28.5 Å².